The maximum absolute atomic E-state index is 11.3. The summed E-state index contributed by atoms with van der Waals surface area (Å²) < 4.78 is 28.2. The molecule has 0 atom stereocenters. The topological polar surface area (TPSA) is 43.4 Å². The maximum Gasteiger partial charge on any atom is 0.175 e. The van der Waals surface area contributed by atoms with Gasteiger partial charge in [-0.05, 0) is 37.1 Å². The molecule has 0 bridgehead atoms. The second-order valence-corrected chi connectivity index (χ2v) is 7.24. The van der Waals surface area contributed by atoms with E-state index < -0.39 is 9.84 Å². The van der Waals surface area contributed by atoms with Crippen LogP contribution in [-0.2, 0) is 9.84 Å². The fourth-order valence-corrected chi connectivity index (χ4v) is 2.87. The molecular weight excluding hydrogens is 304 g/mol. The smallest absolute Gasteiger partial charge is 0.175 e. The predicted octanol–water partition coefficient (Wildman–Crippen LogP) is 2.64. The van der Waals surface area contributed by atoms with Gasteiger partial charge in [0.05, 0.1) is 11.5 Å². The molecule has 1 saturated carbocycles. The Bertz CT molecular complexity index is 489. The van der Waals surface area contributed by atoms with E-state index in [9.17, 15) is 8.42 Å². The van der Waals surface area contributed by atoms with Gasteiger partial charge in [0.2, 0.25) is 0 Å². The van der Waals surface area contributed by atoms with Crippen LogP contribution in [0.25, 0.3) is 0 Å². The van der Waals surface area contributed by atoms with Crippen molar-refractivity contribution >= 4 is 25.8 Å². The van der Waals surface area contributed by atoms with Crippen LogP contribution >= 0.6 is 15.9 Å². The second-order valence-electron chi connectivity index (χ2n) is 4.67. The molecule has 2 rings (SSSR count). The number of ether oxygens (including phenoxy) is 1. The quantitative estimate of drug-likeness (QED) is 0.784. The van der Waals surface area contributed by atoms with Gasteiger partial charge >= 0.3 is 0 Å². The van der Waals surface area contributed by atoms with Crippen LogP contribution in [0.2, 0.25) is 0 Å². The third-order valence-electron chi connectivity index (χ3n) is 3.04. The Kier molecular flexibility index (Phi) is 3.50. The minimum Gasteiger partial charge on any atom is -0.493 e. The number of hydrogen-bond donors (Lipinski definition) is 0. The van der Waals surface area contributed by atoms with Gasteiger partial charge in [0, 0.05) is 17.0 Å². The van der Waals surface area contributed by atoms with Crippen LogP contribution in [0, 0.1) is 5.41 Å². The number of sulfone groups is 1. The molecule has 0 saturated heterocycles. The summed E-state index contributed by atoms with van der Waals surface area (Å²) in [4.78, 5) is 0.325. The zero-order chi connectivity index (χ0) is 12.5. The normalized spacial score (nSPS) is 17.8. The Morgan fingerprint density at radius 3 is 2.29 bits per heavy atom. The Balaban J connectivity index is 1.99. The van der Waals surface area contributed by atoms with Crippen molar-refractivity contribution < 1.29 is 13.2 Å². The van der Waals surface area contributed by atoms with E-state index in [-0.39, 0.29) is 0 Å². The number of rotatable bonds is 5. The summed E-state index contributed by atoms with van der Waals surface area (Å²) in [5.41, 5.74) is 0.301. The molecule has 0 spiro atoms. The molecule has 94 valence electrons. The largest absolute Gasteiger partial charge is 0.493 e. The van der Waals surface area contributed by atoms with Crippen molar-refractivity contribution in [1.82, 2.24) is 0 Å². The lowest BCUT2D eigenvalue weighted by atomic mass is 10.2. The van der Waals surface area contributed by atoms with Gasteiger partial charge in [-0.1, -0.05) is 15.9 Å². The van der Waals surface area contributed by atoms with Crippen molar-refractivity contribution in [1.29, 1.82) is 0 Å². The molecule has 0 heterocycles. The van der Waals surface area contributed by atoms with Crippen molar-refractivity contribution in [3.63, 3.8) is 0 Å². The average molecular weight is 319 g/mol. The molecule has 0 N–H and O–H groups in total. The van der Waals surface area contributed by atoms with Gasteiger partial charge < -0.3 is 4.74 Å². The fraction of sp³-hybridized carbons (Fsp3) is 0.500. The van der Waals surface area contributed by atoms with Gasteiger partial charge in [0.25, 0.3) is 0 Å². The Hall–Kier alpha value is -0.550. The summed E-state index contributed by atoms with van der Waals surface area (Å²) in [6, 6.07) is 6.58. The molecule has 0 aliphatic heterocycles. The van der Waals surface area contributed by atoms with E-state index >= 15 is 0 Å². The highest BCUT2D eigenvalue weighted by Gasteiger charge is 2.42. The monoisotopic (exact) mass is 318 g/mol. The third-order valence-corrected chi connectivity index (χ3v) is 5.36. The first-order valence-corrected chi connectivity index (χ1v) is 8.45. The van der Waals surface area contributed by atoms with Crippen molar-refractivity contribution in [3.05, 3.63) is 24.3 Å². The molecule has 0 aromatic heterocycles. The average Bonchev–Trinajstić information content (AvgIpc) is 3.06. The van der Waals surface area contributed by atoms with E-state index in [0.717, 1.165) is 11.1 Å². The van der Waals surface area contributed by atoms with Crippen molar-refractivity contribution in [3.8, 4) is 5.75 Å². The molecule has 5 heteroatoms. The van der Waals surface area contributed by atoms with Crippen molar-refractivity contribution in [2.45, 2.75) is 17.7 Å². The molecular formula is C12H15BrO3S. The maximum atomic E-state index is 11.3. The van der Waals surface area contributed by atoms with Crippen molar-refractivity contribution in [2.75, 3.05) is 18.2 Å². The van der Waals surface area contributed by atoms with Crippen molar-refractivity contribution in [2.24, 2.45) is 5.41 Å². The van der Waals surface area contributed by atoms with Gasteiger partial charge in [-0.3, -0.25) is 0 Å². The molecule has 1 aromatic rings. The minimum atomic E-state index is -3.12. The van der Waals surface area contributed by atoms with Gasteiger partial charge in [0.15, 0.2) is 9.84 Å². The summed E-state index contributed by atoms with van der Waals surface area (Å²) in [5.74, 6) is 0.727. The van der Waals surface area contributed by atoms with Crippen LogP contribution in [0.1, 0.15) is 12.8 Å². The fourth-order valence-electron chi connectivity index (χ4n) is 1.51. The highest BCUT2D eigenvalue weighted by Crippen LogP contribution is 2.47. The van der Waals surface area contributed by atoms with E-state index in [1.54, 1.807) is 24.3 Å². The van der Waals surface area contributed by atoms with E-state index in [1.807, 2.05) is 0 Å². The molecule has 0 unspecified atom stereocenters. The molecule has 0 amide bonds. The van der Waals surface area contributed by atoms with Crippen LogP contribution < -0.4 is 4.74 Å². The molecule has 1 fully saturated rings. The molecule has 1 aliphatic rings. The molecule has 3 nitrogen and oxygen atoms in total. The SMILES string of the molecule is CS(=O)(=O)c1ccc(OCC2(CBr)CC2)cc1. The Labute approximate surface area is 110 Å². The van der Waals surface area contributed by atoms with Gasteiger partial charge in [0.1, 0.15) is 5.75 Å². The van der Waals surface area contributed by atoms with E-state index in [0.29, 0.717) is 16.9 Å². The lowest BCUT2D eigenvalue weighted by molar-refractivity contribution is 0.251. The minimum absolute atomic E-state index is 0.301. The third kappa shape index (κ3) is 3.22. The second kappa shape index (κ2) is 4.61. The number of benzene rings is 1. The lowest BCUT2D eigenvalue weighted by Crippen LogP contribution is -2.14. The summed E-state index contributed by atoms with van der Waals surface area (Å²) in [6.07, 6.45) is 3.59. The van der Waals surface area contributed by atoms with E-state index in [2.05, 4.69) is 15.9 Å². The molecule has 17 heavy (non-hydrogen) atoms. The molecule has 1 aromatic carbocycles. The summed E-state index contributed by atoms with van der Waals surface area (Å²) in [5, 5.41) is 0.960. The first-order chi connectivity index (χ1) is 7.95. The number of alkyl halides is 1. The van der Waals surface area contributed by atoms with E-state index in [1.165, 1.54) is 19.1 Å². The number of halogens is 1. The molecule has 1 aliphatic carbocycles. The summed E-state index contributed by atoms with van der Waals surface area (Å²) in [6.45, 7) is 0.691. The summed E-state index contributed by atoms with van der Waals surface area (Å²) in [7, 11) is -3.12. The van der Waals surface area contributed by atoms with E-state index in [4.69, 9.17) is 4.74 Å². The van der Waals surface area contributed by atoms with Crippen LogP contribution in [0.15, 0.2) is 29.2 Å². The number of hydrogen-bond acceptors (Lipinski definition) is 3. The zero-order valence-corrected chi connectivity index (χ0v) is 12.1. The highest BCUT2D eigenvalue weighted by molar-refractivity contribution is 9.09. The Morgan fingerprint density at radius 2 is 1.88 bits per heavy atom. The summed E-state index contributed by atoms with van der Waals surface area (Å²) >= 11 is 3.49. The highest BCUT2D eigenvalue weighted by atomic mass is 79.9. The van der Waals surface area contributed by atoms with Crippen LogP contribution in [-0.4, -0.2) is 26.6 Å². The van der Waals surface area contributed by atoms with Gasteiger partial charge in [-0.25, -0.2) is 8.42 Å². The predicted molar refractivity (Wildman–Crippen MR) is 70.5 cm³/mol. The Morgan fingerprint density at radius 1 is 1.29 bits per heavy atom. The zero-order valence-electron chi connectivity index (χ0n) is 9.65. The standard InChI is InChI=1S/C12H15BrO3S/c1-17(14,15)11-4-2-10(3-5-11)16-9-12(8-13)6-7-12/h2-5H,6-9H2,1H3. The van der Waals surface area contributed by atoms with Gasteiger partial charge in [-0.15, -0.1) is 0 Å². The first kappa shape index (κ1) is 12.9. The lowest BCUT2D eigenvalue weighted by Gasteiger charge is -2.13. The van der Waals surface area contributed by atoms with Crippen LogP contribution in [0.4, 0.5) is 0 Å². The van der Waals surface area contributed by atoms with Gasteiger partial charge in [-0.2, -0.15) is 0 Å². The van der Waals surface area contributed by atoms with Crippen LogP contribution in [0.5, 0.6) is 5.75 Å². The first-order valence-electron chi connectivity index (χ1n) is 5.44. The van der Waals surface area contributed by atoms with Crippen LogP contribution in [0.3, 0.4) is 0 Å². The molecule has 0 radical (unpaired) electrons.